The van der Waals surface area contributed by atoms with Crippen LogP contribution in [0.5, 0.6) is 11.5 Å². The first-order valence-corrected chi connectivity index (χ1v) is 10.6. The fourth-order valence-electron chi connectivity index (χ4n) is 2.96. The van der Waals surface area contributed by atoms with E-state index in [1.54, 1.807) is 37.3 Å². The predicted molar refractivity (Wildman–Crippen MR) is 100 cm³/mol. The highest BCUT2D eigenvalue weighted by Gasteiger charge is 2.26. The van der Waals surface area contributed by atoms with Crippen LogP contribution < -0.4 is 14.2 Å². The van der Waals surface area contributed by atoms with Crippen LogP contribution >= 0.6 is 0 Å². The van der Waals surface area contributed by atoms with Gasteiger partial charge in [-0.15, -0.1) is 0 Å². The van der Waals surface area contributed by atoms with Crippen molar-refractivity contribution in [3.05, 3.63) is 23.8 Å². The smallest absolute Gasteiger partial charge is 0.254 e. The number of nitrogens with one attached hydrogen (secondary N) is 1. The monoisotopic (exact) mass is 384 g/mol. The highest BCUT2D eigenvalue weighted by Crippen LogP contribution is 2.24. The van der Waals surface area contributed by atoms with Crippen LogP contribution in [-0.2, 0) is 10.0 Å². The molecular formula is C18H28N2O5S. The Morgan fingerprint density at radius 2 is 1.73 bits per heavy atom. The minimum atomic E-state index is -3.24. The van der Waals surface area contributed by atoms with Gasteiger partial charge in [-0.05, 0) is 31.4 Å². The molecule has 1 aromatic rings. The van der Waals surface area contributed by atoms with Gasteiger partial charge < -0.3 is 14.4 Å². The largest absolute Gasteiger partial charge is 0.497 e. The van der Waals surface area contributed by atoms with Gasteiger partial charge in [0, 0.05) is 30.8 Å². The molecule has 1 fully saturated rings. The Labute approximate surface area is 155 Å². The summed E-state index contributed by atoms with van der Waals surface area (Å²) in [6.45, 7) is 2.99. The Bertz CT molecular complexity index is 690. The Hall–Kier alpha value is -1.80. The standard InChI is InChI=1S/C18H28N2O5S/c1-4-5-10-26(22,23)19-15-6-8-20(9-7-15)18(21)14-11-16(24-2)13-17(12-14)25-3/h11-13,15,19H,4-10H2,1-3H3. The van der Waals surface area contributed by atoms with Crippen LogP contribution in [0.15, 0.2) is 18.2 Å². The summed E-state index contributed by atoms with van der Waals surface area (Å²) in [6.07, 6.45) is 2.72. The lowest BCUT2D eigenvalue weighted by Gasteiger charge is -2.32. The summed E-state index contributed by atoms with van der Waals surface area (Å²) in [5, 5.41) is 0. The Balaban J connectivity index is 1.96. The second kappa shape index (κ2) is 9.23. The number of unbranched alkanes of at least 4 members (excludes halogenated alkanes) is 1. The van der Waals surface area contributed by atoms with Gasteiger partial charge in [0.05, 0.1) is 20.0 Å². The van der Waals surface area contributed by atoms with Crippen molar-refractivity contribution >= 4 is 15.9 Å². The third kappa shape index (κ3) is 5.60. The summed E-state index contributed by atoms with van der Waals surface area (Å²) in [4.78, 5) is 14.5. The van der Waals surface area contributed by atoms with Crippen molar-refractivity contribution in [2.75, 3.05) is 33.1 Å². The molecule has 0 radical (unpaired) electrons. The molecule has 1 aromatic carbocycles. The molecule has 0 spiro atoms. The zero-order valence-electron chi connectivity index (χ0n) is 15.7. The quantitative estimate of drug-likeness (QED) is 0.741. The van der Waals surface area contributed by atoms with Gasteiger partial charge in [0.15, 0.2) is 0 Å². The molecule has 1 amide bonds. The van der Waals surface area contributed by atoms with Crippen LogP contribution in [0.4, 0.5) is 0 Å². The number of likely N-dealkylation sites (tertiary alicyclic amines) is 1. The van der Waals surface area contributed by atoms with Crippen molar-refractivity contribution in [3.8, 4) is 11.5 Å². The molecule has 1 N–H and O–H groups in total. The molecule has 0 atom stereocenters. The first-order valence-electron chi connectivity index (χ1n) is 8.91. The molecule has 0 saturated carbocycles. The number of methoxy groups -OCH3 is 2. The van der Waals surface area contributed by atoms with Gasteiger partial charge in [-0.1, -0.05) is 13.3 Å². The van der Waals surface area contributed by atoms with Crippen LogP contribution in [0.1, 0.15) is 43.0 Å². The summed E-state index contributed by atoms with van der Waals surface area (Å²) in [5.74, 6) is 1.18. The van der Waals surface area contributed by atoms with Gasteiger partial charge in [-0.2, -0.15) is 0 Å². The molecule has 1 aliphatic rings. The van der Waals surface area contributed by atoms with Crippen molar-refractivity contribution in [3.63, 3.8) is 0 Å². The number of rotatable bonds is 8. The van der Waals surface area contributed by atoms with E-state index in [2.05, 4.69) is 4.72 Å². The van der Waals surface area contributed by atoms with Crippen molar-refractivity contribution in [1.29, 1.82) is 0 Å². The maximum absolute atomic E-state index is 12.7. The average molecular weight is 384 g/mol. The van der Waals surface area contributed by atoms with Gasteiger partial charge in [0.25, 0.3) is 5.91 Å². The summed E-state index contributed by atoms with van der Waals surface area (Å²) in [5.41, 5.74) is 0.503. The zero-order chi connectivity index (χ0) is 19.2. The number of carbonyl (C=O) groups excluding carboxylic acids is 1. The minimum absolute atomic E-state index is 0.102. The van der Waals surface area contributed by atoms with Crippen LogP contribution in [0, 0.1) is 0 Å². The van der Waals surface area contributed by atoms with Gasteiger partial charge in [0.1, 0.15) is 11.5 Å². The molecule has 1 saturated heterocycles. The van der Waals surface area contributed by atoms with E-state index in [4.69, 9.17) is 9.47 Å². The van der Waals surface area contributed by atoms with Crippen LogP contribution in [-0.4, -0.2) is 58.3 Å². The summed E-state index contributed by atoms with van der Waals surface area (Å²) in [6, 6.07) is 4.98. The summed E-state index contributed by atoms with van der Waals surface area (Å²) >= 11 is 0. The number of piperidine rings is 1. The number of sulfonamides is 1. The lowest BCUT2D eigenvalue weighted by molar-refractivity contribution is 0.0710. The molecule has 2 rings (SSSR count). The number of carbonyl (C=O) groups is 1. The van der Waals surface area contributed by atoms with E-state index in [0.717, 1.165) is 6.42 Å². The van der Waals surface area contributed by atoms with E-state index in [9.17, 15) is 13.2 Å². The highest BCUT2D eigenvalue weighted by molar-refractivity contribution is 7.89. The molecule has 0 unspecified atom stereocenters. The fraction of sp³-hybridized carbons (Fsp3) is 0.611. The number of nitrogens with zero attached hydrogens (tertiary/aromatic N) is 1. The first-order chi connectivity index (χ1) is 12.4. The van der Waals surface area contributed by atoms with Crippen molar-refractivity contribution < 1.29 is 22.7 Å². The topological polar surface area (TPSA) is 84.9 Å². The highest BCUT2D eigenvalue weighted by atomic mass is 32.2. The molecular weight excluding hydrogens is 356 g/mol. The molecule has 146 valence electrons. The molecule has 0 aliphatic carbocycles. The maximum Gasteiger partial charge on any atom is 0.254 e. The van der Waals surface area contributed by atoms with Crippen molar-refractivity contribution in [1.82, 2.24) is 9.62 Å². The van der Waals surface area contributed by atoms with E-state index in [0.29, 0.717) is 49.4 Å². The predicted octanol–water partition coefficient (Wildman–Crippen LogP) is 2.03. The molecule has 0 bridgehead atoms. The molecule has 0 aromatic heterocycles. The van der Waals surface area contributed by atoms with E-state index < -0.39 is 10.0 Å². The molecule has 26 heavy (non-hydrogen) atoms. The zero-order valence-corrected chi connectivity index (χ0v) is 16.5. The number of benzene rings is 1. The first kappa shape index (κ1) is 20.5. The second-order valence-corrected chi connectivity index (χ2v) is 8.33. The Morgan fingerprint density at radius 3 is 2.23 bits per heavy atom. The second-order valence-electron chi connectivity index (χ2n) is 6.46. The third-order valence-electron chi connectivity index (χ3n) is 4.49. The summed E-state index contributed by atoms with van der Waals surface area (Å²) < 4.78 is 37.2. The minimum Gasteiger partial charge on any atom is -0.497 e. The van der Waals surface area contributed by atoms with Crippen LogP contribution in [0.3, 0.4) is 0 Å². The van der Waals surface area contributed by atoms with E-state index in [-0.39, 0.29) is 17.7 Å². The van der Waals surface area contributed by atoms with E-state index >= 15 is 0 Å². The maximum atomic E-state index is 12.7. The van der Waals surface area contributed by atoms with Gasteiger partial charge in [0.2, 0.25) is 10.0 Å². The molecule has 7 nitrogen and oxygen atoms in total. The van der Waals surface area contributed by atoms with Gasteiger partial charge in [-0.3, -0.25) is 4.79 Å². The van der Waals surface area contributed by atoms with Crippen molar-refractivity contribution in [2.45, 2.75) is 38.6 Å². The number of hydrogen-bond donors (Lipinski definition) is 1. The normalized spacial score (nSPS) is 15.7. The fourth-order valence-corrected chi connectivity index (χ4v) is 4.49. The van der Waals surface area contributed by atoms with E-state index in [1.807, 2.05) is 6.92 Å². The lowest BCUT2D eigenvalue weighted by Crippen LogP contribution is -2.47. The number of amides is 1. The summed E-state index contributed by atoms with van der Waals surface area (Å²) in [7, 11) is -0.156. The number of hydrogen-bond acceptors (Lipinski definition) is 5. The third-order valence-corrected chi connectivity index (χ3v) is 6.01. The van der Waals surface area contributed by atoms with Crippen molar-refractivity contribution in [2.24, 2.45) is 0 Å². The Morgan fingerprint density at radius 1 is 1.15 bits per heavy atom. The average Bonchev–Trinajstić information content (AvgIpc) is 2.65. The SMILES string of the molecule is CCCCS(=O)(=O)NC1CCN(C(=O)c2cc(OC)cc(OC)c2)CC1. The molecule has 8 heteroatoms. The number of ether oxygens (including phenoxy) is 2. The van der Waals surface area contributed by atoms with Crippen LogP contribution in [0.25, 0.3) is 0 Å². The van der Waals surface area contributed by atoms with E-state index in [1.165, 1.54) is 0 Å². The molecule has 1 aliphatic heterocycles. The Kier molecular flexibility index (Phi) is 7.28. The molecule has 1 heterocycles. The van der Waals surface area contributed by atoms with Gasteiger partial charge >= 0.3 is 0 Å². The van der Waals surface area contributed by atoms with Crippen LogP contribution in [0.2, 0.25) is 0 Å². The lowest BCUT2D eigenvalue weighted by atomic mass is 10.0. The van der Waals surface area contributed by atoms with Gasteiger partial charge in [-0.25, -0.2) is 13.1 Å².